The van der Waals surface area contributed by atoms with Crippen molar-refractivity contribution in [1.29, 1.82) is 5.26 Å². The van der Waals surface area contributed by atoms with E-state index in [0.717, 1.165) is 29.7 Å². The first-order valence-electron chi connectivity index (χ1n) is 8.94. The second-order valence-corrected chi connectivity index (χ2v) is 6.75. The van der Waals surface area contributed by atoms with Gasteiger partial charge in [-0.15, -0.1) is 5.10 Å². The molecule has 27 heavy (non-hydrogen) atoms. The number of fused-ring (bicyclic) bond motifs is 1. The maximum Gasteiger partial charge on any atom is 0.244 e. The lowest BCUT2D eigenvalue weighted by Crippen LogP contribution is -2.20. The predicted molar refractivity (Wildman–Crippen MR) is 104 cm³/mol. The molecule has 0 bridgehead atoms. The minimum Gasteiger partial charge on any atom is -0.420 e. The number of hydrogen-bond acceptors (Lipinski definition) is 4. The van der Waals surface area contributed by atoms with Crippen molar-refractivity contribution in [2.24, 2.45) is 5.73 Å². The molecular formula is C22H20N4O. The van der Waals surface area contributed by atoms with Crippen molar-refractivity contribution in [1.82, 2.24) is 10.2 Å². The Kier molecular flexibility index (Phi) is 4.39. The van der Waals surface area contributed by atoms with Crippen LogP contribution < -0.4 is 10.5 Å². The number of nitrogens with zero attached hydrogens (tertiary/aromatic N) is 2. The molecule has 1 aliphatic heterocycles. The third-order valence-corrected chi connectivity index (χ3v) is 4.96. The molecule has 0 unspecified atom stereocenters. The number of nitriles is 1. The summed E-state index contributed by atoms with van der Waals surface area (Å²) in [5, 5.41) is 17.1. The Bertz CT molecular complexity index is 1030. The summed E-state index contributed by atoms with van der Waals surface area (Å²) in [7, 11) is 0. The third kappa shape index (κ3) is 3.18. The van der Waals surface area contributed by atoms with Gasteiger partial charge in [-0.05, 0) is 30.9 Å². The number of hydrogen-bond donors (Lipinski definition) is 2. The predicted octanol–water partition coefficient (Wildman–Crippen LogP) is 4.19. The fourth-order valence-electron chi connectivity index (χ4n) is 3.53. The topological polar surface area (TPSA) is 87.7 Å². The highest BCUT2D eigenvalue weighted by atomic mass is 16.5. The lowest BCUT2D eigenvalue weighted by molar-refractivity contribution is 0.371. The highest BCUT2D eigenvalue weighted by molar-refractivity contribution is 5.69. The van der Waals surface area contributed by atoms with Crippen molar-refractivity contribution in [3.05, 3.63) is 82.7 Å². The quantitative estimate of drug-likeness (QED) is 0.734. The van der Waals surface area contributed by atoms with Gasteiger partial charge in [0.25, 0.3) is 0 Å². The van der Waals surface area contributed by atoms with E-state index in [1.807, 2.05) is 30.3 Å². The number of ether oxygens (including phenoxy) is 1. The summed E-state index contributed by atoms with van der Waals surface area (Å²) >= 11 is 0. The molecule has 5 heteroatoms. The van der Waals surface area contributed by atoms with Gasteiger partial charge in [0.15, 0.2) is 0 Å². The first-order valence-corrected chi connectivity index (χ1v) is 8.94. The van der Waals surface area contributed by atoms with Gasteiger partial charge in [-0.25, -0.2) is 0 Å². The largest absolute Gasteiger partial charge is 0.420 e. The molecular weight excluding hydrogens is 336 g/mol. The second-order valence-electron chi connectivity index (χ2n) is 6.75. The van der Waals surface area contributed by atoms with Crippen molar-refractivity contribution in [3.8, 4) is 23.2 Å². The molecule has 4 rings (SSSR count). The first-order chi connectivity index (χ1) is 13.2. The van der Waals surface area contributed by atoms with Crippen molar-refractivity contribution < 1.29 is 4.74 Å². The highest BCUT2D eigenvalue weighted by Gasteiger charge is 2.34. The molecule has 0 amide bonds. The van der Waals surface area contributed by atoms with Crippen LogP contribution in [0.5, 0.6) is 5.88 Å². The molecule has 5 nitrogen and oxygen atoms in total. The summed E-state index contributed by atoms with van der Waals surface area (Å²) in [4.78, 5) is 0. The molecule has 0 fully saturated rings. The van der Waals surface area contributed by atoms with Crippen LogP contribution in [-0.4, -0.2) is 10.2 Å². The number of rotatable bonds is 4. The van der Waals surface area contributed by atoms with Crippen LogP contribution in [0.4, 0.5) is 0 Å². The van der Waals surface area contributed by atoms with Gasteiger partial charge in [0.05, 0.1) is 16.8 Å². The van der Waals surface area contributed by atoms with Crippen LogP contribution in [0.25, 0.3) is 11.3 Å². The molecule has 0 saturated carbocycles. The zero-order chi connectivity index (χ0) is 18.8. The van der Waals surface area contributed by atoms with Crippen LogP contribution in [0, 0.1) is 18.3 Å². The maximum atomic E-state index is 9.69. The molecule has 1 aromatic heterocycles. The van der Waals surface area contributed by atoms with Crippen molar-refractivity contribution in [3.63, 3.8) is 0 Å². The van der Waals surface area contributed by atoms with Crippen LogP contribution in [0.2, 0.25) is 0 Å². The molecule has 134 valence electrons. The van der Waals surface area contributed by atoms with E-state index >= 15 is 0 Å². The monoisotopic (exact) mass is 356 g/mol. The normalized spacial score (nSPS) is 15.8. The second kappa shape index (κ2) is 7.00. The van der Waals surface area contributed by atoms with Gasteiger partial charge in [0, 0.05) is 5.92 Å². The minimum absolute atomic E-state index is 0.144. The Morgan fingerprint density at radius 1 is 1.15 bits per heavy atom. The van der Waals surface area contributed by atoms with Crippen LogP contribution in [0.3, 0.4) is 0 Å². The van der Waals surface area contributed by atoms with Gasteiger partial charge in [-0.2, -0.15) is 5.26 Å². The van der Waals surface area contributed by atoms with Gasteiger partial charge >= 0.3 is 0 Å². The molecule has 1 aliphatic rings. The van der Waals surface area contributed by atoms with Crippen molar-refractivity contribution in [2.75, 3.05) is 0 Å². The van der Waals surface area contributed by atoms with Crippen molar-refractivity contribution >= 4 is 0 Å². The summed E-state index contributed by atoms with van der Waals surface area (Å²) in [5.74, 6) is 0.444. The Morgan fingerprint density at radius 2 is 1.89 bits per heavy atom. The van der Waals surface area contributed by atoms with Gasteiger partial charge in [-0.1, -0.05) is 60.2 Å². The van der Waals surface area contributed by atoms with Gasteiger partial charge < -0.3 is 10.5 Å². The Balaban J connectivity index is 1.74. The number of nitrogens with one attached hydrogen (secondary N) is 1. The van der Waals surface area contributed by atoms with Crippen molar-refractivity contribution in [2.45, 2.75) is 25.7 Å². The molecule has 0 radical (unpaired) electrons. The molecule has 0 aliphatic carbocycles. The third-order valence-electron chi connectivity index (χ3n) is 4.96. The number of aryl methyl sites for hydroxylation is 2. The zero-order valence-corrected chi connectivity index (χ0v) is 15.1. The van der Waals surface area contributed by atoms with Crippen LogP contribution >= 0.6 is 0 Å². The Morgan fingerprint density at radius 3 is 2.59 bits per heavy atom. The highest BCUT2D eigenvalue weighted by Crippen LogP contribution is 2.44. The SMILES string of the molecule is Cc1ccc(-c2[nH]nc3c2[C@@H](CCc2ccccc2)C(C#N)=C(N)O3)cc1. The fraction of sp³-hybridized carbons (Fsp3) is 0.182. The van der Waals surface area contributed by atoms with E-state index in [4.69, 9.17) is 10.5 Å². The standard InChI is InChI=1S/C22H20N4O/c1-14-7-10-16(11-8-14)20-19-17(12-9-15-5-3-2-4-6-15)18(13-23)21(24)27-22(19)26-25-20/h2-8,10-11,17H,9,12,24H2,1H3,(H,25,26)/t17-/m0/s1. The Hall–Kier alpha value is -3.52. The van der Waals surface area contributed by atoms with Gasteiger partial charge in [0.1, 0.15) is 6.07 Å². The molecule has 3 N–H and O–H groups in total. The van der Waals surface area contributed by atoms with Crippen LogP contribution in [-0.2, 0) is 6.42 Å². The van der Waals surface area contributed by atoms with E-state index in [2.05, 4.69) is 47.5 Å². The average Bonchev–Trinajstić information content (AvgIpc) is 3.10. The number of aromatic amines is 1. The Labute approximate surface area is 158 Å². The maximum absolute atomic E-state index is 9.69. The van der Waals surface area contributed by atoms with E-state index in [0.29, 0.717) is 11.5 Å². The summed E-state index contributed by atoms with van der Waals surface area (Å²) in [5.41, 5.74) is 11.7. The summed E-state index contributed by atoms with van der Waals surface area (Å²) in [6, 6.07) is 20.7. The molecule has 2 heterocycles. The zero-order valence-electron chi connectivity index (χ0n) is 15.1. The average molecular weight is 356 g/mol. The van der Waals surface area contributed by atoms with Crippen LogP contribution in [0.15, 0.2) is 66.1 Å². The minimum atomic E-state index is -0.158. The molecule has 1 atom stereocenters. The van der Waals surface area contributed by atoms with Crippen LogP contribution in [0.1, 0.15) is 29.0 Å². The summed E-state index contributed by atoms with van der Waals surface area (Å²) < 4.78 is 5.64. The number of aromatic nitrogens is 2. The van der Waals surface area contributed by atoms with E-state index in [1.54, 1.807) is 0 Å². The number of H-pyrrole nitrogens is 1. The lowest BCUT2D eigenvalue weighted by atomic mass is 9.84. The number of nitrogens with two attached hydrogens (primary N) is 1. The number of benzene rings is 2. The summed E-state index contributed by atoms with van der Waals surface area (Å²) in [6.45, 7) is 2.05. The summed E-state index contributed by atoms with van der Waals surface area (Å²) in [6.07, 6.45) is 1.59. The van der Waals surface area contributed by atoms with E-state index in [-0.39, 0.29) is 11.8 Å². The van der Waals surface area contributed by atoms with E-state index in [9.17, 15) is 5.26 Å². The van der Waals surface area contributed by atoms with Gasteiger partial charge in [0.2, 0.25) is 11.8 Å². The van der Waals surface area contributed by atoms with Gasteiger partial charge in [-0.3, -0.25) is 5.10 Å². The fourth-order valence-corrected chi connectivity index (χ4v) is 3.53. The molecule has 0 saturated heterocycles. The van der Waals surface area contributed by atoms with E-state index in [1.165, 1.54) is 11.1 Å². The smallest absolute Gasteiger partial charge is 0.244 e. The first kappa shape index (κ1) is 16.9. The lowest BCUT2D eigenvalue weighted by Gasteiger charge is -2.23. The number of allylic oxidation sites excluding steroid dienone is 1. The molecule has 3 aromatic rings. The van der Waals surface area contributed by atoms with E-state index < -0.39 is 0 Å². The molecule has 2 aromatic carbocycles. The molecule has 0 spiro atoms.